The van der Waals surface area contributed by atoms with Gasteiger partial charge in [0.1, 0.15) is 18.4 Å². The highest BCUT2D eigenvalue weighted by Gasteiger charge is 2.30. The molecule has 0 unspecified atom stereocenters. The van der Waals surface area contributed by atoms with Crippen molar-refractivity contribution >= 4 is 27.5 Å². The SMILES string of the molecule is CCNC(=O)[C@H](C)N(Cc1ccccc1F)C(=O)CN(c1ccccc1)S(C)(=O)=O. The number of anilines is 1. The Morgan fingerprint density at radius 2 is 1.67 bits per heavy atom. The number of para-hydroxylation sites is 1. The van der Waals surface area contributed by atoms with Crippen LogP contribution < -0.4 is 9.62 Å². The molecule has 2 rings (SSSR count). The second kappa shape index (κ2) is 10.2. The van der Waals surface area contributed by atoms with Crippen molar-refractivity contribution in [3.05, 3.63) is 66.0 Å². The topological polar surface area (TPSA) is 86.8 Å². The molecule has 0 fully saturated rings. The van der Waals surface area contributed by atoms with Gasteiger partial charge in [-0.15, -0.1) is 0 Å². The van der Waals surface area contributed by atoms with E-state index in [0.29, 0.717) is 12.2 Å². The molecule has 0 saturated carbocycles. The van der Waals surface area contributed by atoms with Crippen molar-refractivity contribution in [2.75, 3.05) is 23.7 Å². The Balaban J connectivity index is 2.37. The van der Waals surface area contributed by atoms with Crippen LogP contribution in [0.15, 0.2) is 54.6 Å². The molecule has 1 N–H and O–H groups in total. The molecule has 0 heterocycles. The van der Waals surface area contributed by atoms with E-state index in [4.69, 9.17) is 0 Å². The summed E-state index contributed by atoms with van der Waals surface area (Å²) in [5.74, 6) is -1.54. The second-order valence-electron chi connectivity index (χ2n) is 6.79. The molecule has 2 aromatic rings. The number of rotatable bonds is 9. The fourth-order valence-corrected chi connectivity index (χ4v) is 3.77. The van der Waals surface area contributed by atoms with Crippen molar-refractivity contribution in [3.63, 3.8) is 0 Å². The predicted octanol–water partition coefficient (Wildman–Crippen LogP) is 2.15. The summed E-state index contributed by atoms with van der Waals surface area (Å²) in [4.78, 5) is 26.7. The van der Waals surface area contributed by atoms with Crippen LogP contribution in [-0.2, 0) is 26.2 Å². The van der Waals surface area contributed by atoms with Gasteiger partial charge in [0.15, 0.2) is 0 Å². The number of likely N-dealkylation sites (N-methyl/N-ethyl adjacent to an activating group) is 1. The Kier molecular flexibility index (Phi) is 7.93. The predicted molar refractivity (Wildman–Crippen MR) is 114 cm³/mol. The highest BCUT2D eigenvalue weighted by molar-refractivity contribution is 7.92. The van der Waals surface area contributed by atoms with Crippen LogP contribution in [0.4, 0.5) is 10.1 Å². The van der Waals surface area contributed by atoms with Crippen molar-refractivity contribution < 1.29 is 22.4 Å². The van der Waals surface area contributed by atoms with E-state index in [-0.39, 0.29) is 12.1 Å². The average molecular weight is 436 g/mol. The average Bonchev–Trinajstić information content (AvgIpc) is 2.70. The van der Waals surface area contributed by atoms with Gasteiger partial charge < -0.3 is 10.2 Å². The van der Waals surface area contributed by atoms with E-state index in [1.807, 2.05) is 0 Å². The van der Waals surface area contributed by atoms with Crippen LogP contribution in [0.25, 0.3) is 0 Å². The number of benzene rings is 2. The zero-order valence-electron chi connectivity index (χ0n) is 17.2. The quantitative estimate of drug-likeness (QED) is 0.654. The van der Waals surface area contributed by atoms with Gasteiger partial charge in [0, 0.05) is 18.7 Å². The van der Waals surface area contributed by atoms with Crippen LogP contribution in [0.2, 0.25) is 0 Å². The van der Waals surface area contributed by atoms with Gasteiger partial charge in [0.25, 0.3) is 0 Å². The summed E-state index contributed by atoms with van der Waals surface area (Å²) in [6.45, 7) is 2.95. The fraction of sp³-hybridized carbons (Fsp3) is 0.333. The van der Waals surface area contributed by atoms with Crippen LogP contribution in [-0.4, -0.2) is 50.5 Å². The third-order valence-corrected chi connectivity index (χ3v) is 5.68. The molecular formula is C21H26FN3O4S. The largest absolute Gasteiger partial charge is 0.355 e. The standard InChI is InChI=1S/C21H26FN3O4S/c1-4-23-21(27)16(2)24(14-17-10-8-9-13-19(17)22)20(26)15-25(30(3,28)29)18-11-6-5-7-12-18/h5-13,16H,4,14-15H2,1-3H3,(H,23,27)/t16-/m0/s1. The maximum absolute atomic E-state index is 14.2. The molecule has 7 nitrogen and oxygen atoms in total. The zero-order valence-corrected chi connectivity index (χ0v) is 18.0. The minimum atomic E-state index is -3.77. The number of halogens is 1. The maximum Gasteiger partial charge on any atom is 0.244 e. The molecule has 2 amide bonds. The van der Waals surface area contributed by atoms with E-state index >= 15 is 0 Å². The normalized spacial score (nSPS) is 12.1. The van der Waals surface area contributed by atoms with Crippen LogP contribution in [0.1, 0.15) is 19.4 Å². The van der Waals surface area contributed by atoms with Crippen molar-refractivity contribution in [1.29, 1.82) is 0 Å². The van der Waals surface area contributed by atoms with Crippen LogP contribution in [0.5, 0.6) is 0 Å². The minimum Gasteiger partial charge on any atom is -0.355 e. The molecule has 162 valence electrons. The molecule has 0 radical (unpaired) electrons. The highest BCUT2D eigenvalue weighted by atomic mass is 32.2. The molecule has 9 heteroatoms. The van der Waals surface area contributed by atoms with Gasteiger partial charge in [-0.2, -0.15) is 0 Å². The first kappa shape index (κ1) is 23.3. The van der Waals surface area contributed by atoms with Gasteiger partial charge >= 0.3 is 0 Å². The summed E-state index contributed by atoms with van der Waals surface area (Å²) < 4.78 is 39.8. The lowest BCUT2D eigenvalue weighted by atomic mass is 10.1. The zero-order chi connectivity index (χ0) is 22.3. The van der Waals surface area contributed by atoms with Crippen LogP contribution >= 0.6 is 0 Å². The van der Waals surface area contributed by atoms with Gasteiger partial charge in [-0.05, 0) is 32.0 Å². The van der Waals surface area contributed by atoms with E-state index in [9.17, 15) is 22.4 Å². The van der Waals surface area contributed by atoms with Crippen molar-refractivity contribution in [3.8, 4) is 0 Å². The second-order valence-corrected chi connectivity index (χ2v) is 8.70. The molecule has 2 aromatic carbocycles. The van der Waals surface area contributed by atoms with E-state index in [1.54, 1.807) is 43.3 Å². The van der Waals surface area contributed by atoms with Crippen LogP contribution in [0.3, 0.4) is 0 Å². The Morgan fingerprint density at radius 3 is 2.23 bits per heavy atom. The van der Waals surface area contributed by atoms with Gasteiger partial charge in [-0.1, -0.05) is 36.4 Å². The number of nitrogens with one attached hydrogen (secondary N) is 1. The lowest BCUT2D eigenvalue weighted by molar-refractivity contribution is -0.139. The van der Waals surface area contributed by atoms with Crippen molar-refractivity contribution in [1.82, 2.24) is 10.2 Å². The summed E-state index contributed by atoms with van der Waals surface area (Å²) in [6, 6.07) is 13.2. The Bertz CT molecular complexity index is 983. The molecule has 1 atom stereocenters. The third-order valence-electron chi connectivity index (χ3n) is 4.54. The van der Waals surface area contributed by atoms with Gasteiger partial charge in [-0.25, -0.2) is 12.8 Å². The monoisotopic (exact) mass is 435 g/mol. The number of amides is 2. The van der Waals surface area contributed by atoms with Crippen LogP contribution in [0, 0.1) is 5.82 Å². The smallest absolute Gasteiger partial charge is 0.244 e. The maximum atomic E-state index is 14.2. The Labute approximate surface area is 176 Å². The number of hydrogen-bond donors (Lipinski definition) is 1. The fourth-order valence-electron chi connectivity index (χ4n) is 2.92. The minimum absolute atomic E-state index is 0.170. The molecule has 0 aliphatic heterocycles. The summed E-state index contributed by atoms with van der Waals surface area (Å²) in [5.41, 5.74) is 0.553. The van der Waals surface area contributed by atoms with Gasteiger partial charge in [0.05, 0.1) is 11.9 Å². The number of hydrogen-bond acceptors (Lipinski definition) is 4. The summed E-state index contributed by atoms with van der Waals surface area (Å²) >= 11 is 0. The lowest BCUT2D eigenvalue weighted by Crippen LogP contribution is -2.51. The van der Waals surface area contributed by atoms with Crippen molar-refractivity contribution in [2.24, 2.45) is 0 Å². The highest BCUT2D eigenvalue weighted by Crippen LogP contribution is 2.19. The molecule has 0 spiro atoms. The molecule has 0 aliphatic carbocycles. The molecule has 0 aromatic heterocycles. The first-order valence-corrected chi connectivity index (χ1v) is 11.3. The van der Waals surface area contributed by atoms with Gasteiger partial charge in [0.2, 0.25) is 21.8 Å². The van der Waals surface area contributed by atoms with Gasteiger partial charge in [-0.3, -0.25) is 13.9 Å². The third kappa shape index (κ3) is 6.03. The van der Waals surface area contributed by atoms with E-state index in [1.165, 1.54) is 30.0 Å². The van der Waals surface area contributed by atoms with Crippen molar-refractivity contribution in [2.45, 2.75) is 26.4 Å². The molecule has 0 bridgehead atoms. The first-order valence-electron chi connectivity index (χ1n) is 9.48. The van der Waals surface area contributed by atoms with E-state index < -0.39 is 40.2 Å². The molecule has 30 heavy (non-hydrogen) atoms. The number of nitrogens with zero attached hydrogens (tertiary/aromatic N) is 2. The summed E-state index contributed by atoms with van der Waals surface area (Å²) in [6.07, 6.45) is 1.00. The number of carbonyl (C=O) groups excluding carboxylic acids is 2. The Hall–Kier alpha value is -2.94. The molecule has 0 aliphatic rings. The lowest BCUT2D eigenvalue weighted by Gasteiger charge is -2.31. The number of carbonyl (C=O) groups is 2. The number of sulfonamides is 1. The first-order chi connectivity index (χ1) is 14.1. The molecule has 0 saturated heterocycles. The summed E-state index contributed by atoms with van der Waals surface area (Å²) in [7, 11) is -3.77. The Morgan fingerprint density at radius 1 is 1.07 bits per heavy atom. The summed E-state index contributed by atoms with van der Waals surface area (Å²) in [5, 5.41) is 2.64. The van der Waals surface area contributed by atoms with E-state index in [2.05, 4.69) is 5.32 Å². The molecular weight excluding hydrogens is 409 g/mol. The van der Waals surface area contributed by atoms with E-state index in [0.717, 1.165) is 10.6 Å².